The molecule has 1 heteroatoms. The van der Waals surface area contributed by atoms with Crippen LogP contribution in [0.15, 0.2) is 24.3 Å². The van der Waals surface area contributed by atoms with Crippen molar-refractivity contribution in [2.24, 2.45) is 11.1 Å². The average molecular weight is 287 g/mol. The fourth-order valence-corrected chi connectivity index (χ4v) is 3.79. The summed E-state index contributed by atoms with van der Waals surface area (Å²) in [5.74, 6) is 0. The SMILES string of the molecule is CCC(C)(C)c1ccc(CCC2(CCN)CCCC2)cc1. The fraction of sp³-hybridized carbons (Fsp3) is 0.700. The first-order valence-corrected chi connectivity index (χ1v) is 8.81. The topological polar surface area (TPSA) is 26.0 Å². The van der Waals surface area contributed by atoms with Gasteiger partial charge in [0.1, 0.15) is 0 Å². The van der Waals surface area contributed by atoms with Crippen molar-refractivity contribution in [3.05, 3.63) is 35.4 Å². The first-order chi connectivity index (χ1) is 10.0. The Morgan fingerprint density at radius 2 is 1.67 bits per heavy atom. The van der Waals surface area contributed by atoms with E-state index in [9.17, 15) is 0 Å². The molecule has 1 saturated carbocycles. The molecule has 0 radical (unpaired) electrons. The molecule has 1 nitrogen and oxygen atoms in total. The van der Waals surface area contributed by atoms with Crippen LogP contribution in [0.4, 0.5) is 0 Å². The van der Waals surface area contributed by atoms with Gasteiger partial charge >= 0.3 is 0 Å². The maximum absolute atomic E-state index is 5.85. The summed E-state index contributed by atoms with van der Waals surface area (Å²) < 4.78 is 0. The van der Waals surface area contributed by atoms with Gasteiger partial charge in [-0.15, -0.1) is 0 Å². The minimum absolute atomic E-state index is 0.296. The van der Waals surface area contributed by atoms with Crippen molar-refractivity contribution in [1.82, 2.24) is 0 Å². The molecule has 2 rings (SSSR count). The van der Waals surface area contributed by atoms with Gasteiger partial charge in [0.2, 0.25) is 0 Å². The first-order valence-electron chi connectivity index (χ1n) is 8.81. The number of hydrogen-bond acceptors (Lipinski definition) is 1. The van der Waals surface area contributed by atoms with E-state index in [-0.39, 0.29) is 0 Å². The highest BCUT2D eigenvalue weighted by atomic mass is 14.5. The van der Waals surface area contributed by atoms with Crippen LogP contribution < -0.4 is 5.73 Å². The number of nitrogens with two attached hydrogens (primary N) is 1. The summed E-state index contributed by atoms with van der Waals surface area (Å²) in [6.45, 7) is 7.78. The Morgan fingerprint density at radius 3 is 2.19 bits per heavy atom. The molecular formula is C20H33N. The summed E-state index contributed by atoms with van der Waals surface area (Å²) in [4.78, 5) is 0. The lowest BCUT2D eigenvalue weighted by Crippen LogP contribution is -2.21. The number of benzene rings is 1. The zero-order valence-corrected chi connectivity index (χ0v) is 14.3. The third kappa shape index (κ3) is 4.10. The standard InChI is InChI=1S/C20H33N/c1-4-19(2,3)18-9-7-17(8-10-18)11-14-20(15-16-21)12-5-6-13-20/h7-10H,4-6,11-16,21H2,1-3H3. The molecule has 0 saturated heterocycles. The van der Waals surface area contributed by atoms with E-state index < -0.39 is 0 Å². The second kappa shape index (κ2) is 6.96. The molecule has 0 spiro atoms. The molecule has 0 atom stereocenters. The molecule has 0 aromatic heterocycles. The molecule has 118 valence electrons. The van der Waals surface area contributed by atoms with Gasteiger partial charge < -0.3 is 5.73 Å². The molecule has 0 unspecified atom stereocenters. The fourth-order valence-electron chi connectivity index (χ4n) is 3.79. The van der Waals surface area contributed by atoms with Crippen LogP contribution in [0.1, 0.15) is 76.8 Å². The molecule has 0 amide bonds. The summed E-state index contributed by atoms with van der Waals surface area (Å²) in [5.41, 5.74) is 9.65. The van der Waals surface area contributed by atoms with Gasteiger partial charge in [-0.05, 0) is 67.0 Å². The predicted octanol–water partition coefficient (Wildman–Crippen LogP) is 5.22. The van der Waals surface area contributed by atoms with Gasteiger partial charge in [0.05, 0.1) is 0 Å². The molecule has 2 N–H and O–H groups in total. The van der Waals surface area contributed by atoms with Crippen LogP contribution >= 0.6 is 0 Å². The quantitative estimate of drug-likeness (QED) is 0.731. The lowest BCUT2D eigenvalue weighted by Gasteiger charge is -2.29. The Hall–Kier alpha value is -0.820. The van der Waals surface area contributed by atoms with Crippen molar-refractivity contribution >= 4 is 0 Å². The molecule has 0 bridgehead atoms. The zero-order chi connectivity index (χ0) is 15.3. The number of hydrogen-bond donors (Lipinski definition) is 1. The van der Waals surface area contributed by atoms with E-state index in [0.29, 0.717) is 10.8 Å². The molecule has 1 aliphatic rings. The highest BCUT2D eigenvalue weighted by molar-refractivity contribution is 5.28. The first kappa shape index (κ1) is 16.5. The molecule has 1 aromatic carbocycles. The maximum Gasteiger partial charge on any atom is -0.00720 e. The highest BCUT2D eigenvalue weighted by Crippen LogP contribution is 2.44. The van der Waals surface area contributed by atoms with Crippen LogP contribution in [0.5, 0.6) is 0 Å². The van der Waals surface area contributed by atoms with Crippen molar-refractivity contribution in [2.75, 3.05) is 6.54 Å². The Labute approximate surface area is 131 Å². The van der Waals surface area contributed by atoms with Gasteiger partial charge in [0.15, 0.2) is 0 Å². The second-order valence-electron chi connectivity index (χ2n) is 7.68. The Bertz CT molecular complexity index is 424. The van der Waals surface area contributed by atoms with E-state index >= 15 is 0 Å². The van der Waals surface area contributed by atoms with Crippen molar-refractivity contribution in [1.29, 1.82) is 0 Å². The monoisotopic (exact) mass is 287 g/mol. The molecule has 21 heavy (non-hydrogen) atoms. The van der Waals surface area contributed by atoms with Gasteiger partial charge in [-0.25, -0.2) is 0 Å². The number of aryl methyl sites for hydroxylation is 1. The van der Waals surface area contributed by atoms with Crippen molar-refractivity contribution in [3.8, 4) is 0 Å². The Morgan fingerprint density at radius 1 is 1.05 bits per heavy atom. The number of rotatable bonds is 7. The molecule has 0 aliphatic heterocycles. The van der Waals surface area contributed by atoms with Gasteiger partial charge in [-0.2, -0.15) is 0 Å². The van der Waals surface area contributed by atoms with E-state index in [1.54, 1.807) is 0 Å². The van der Waals surface area contributed by atoms with E-state index in [1.165, 1.54) is 62.5 Å². The Balaban J connectivity index is 1.97. The second-order valence-corrected chi connectivity index (χ2v) is 7.68. The van der Waals surface area contributed by atoms with Crippen molar-refractivity contribution in [2.45, 2.75) is 77.6 Å². The summed E-state index contributed by atoms with van der Waals surface area (Å²) in [6, 6.07) is 9.36. The van der Waals surface area contributed by atoms with Crippen molar-refractivity contribution < 1.29 is 0 Å². The van der Waals surface area contributed by atoms with Crippen LogP contribution in [0.3, 0.4) is 0 Å². The van der Waals surface area contributed by atoms with Crippen LogP contribution in [0.25, 0.3) is 0 Å². The Kier molecular flexibility index (Phi) is 5.48. The summed E-state index contributed by atoms with van der Waals surface area (Å²) in [5, 5.41) is 0. The largest absolute Gasteiger partial charge is 0.330 e. The van der Waals surface area contributed by atoms with Gasteiger partial charge in [0, 0.05) is 0 Å². The normalized spacial score (nSPS) is 18.1. The van der Waals surface area contributed by atoms with Crippen LogP contribution in [-0.2, 0) is 11.8 Å². The molecule has 0 heterocycles. The van der Waals surface area contributed by atoms with E-state index in [4.69, 9.17) is 5.73 Å². The molecular weight excluding hydrogens is 254 g/mol. The smallest absolute Gasteiger partial charge is 0.00720 e. The predicted molar refractivity (Wildman–Crippen MR) is 92.7 cm³/mol. The molecule has 1 aliphatic carbocycles. The van der Waals surface area contributed by atoms with Crippen LogP contribution in [0, 0.1) is 5.41 Å². The van der Waals surface area contributed by atoms with Gasteiger partial charge in [0.25, 0.3) is 0 Å². The maximum atomic E-state index is 5.85. The van der Waals surface area contributed by atoms with Crippen molar-refractivity contribution in [3.63, 3.8) is 0 Å². The summed E-state index contributed by atoms with van der Waals surface area (Å²) in [7, 11) is 0. The van der Waals surface area contributed by atoms with Gasteiger partial charge in [-0.1, -0.05) is 57.9 Å². The third-order valence-electron chi connectivity index (χ3n) is 5.90. The third-order valence-corrected chi connectivity index (χ3v) is 5.90. The molecule has 1 aromatic rings. The lowest BCUT2D eigenvalue weighted by atomic mass is 9.77. The molecule has 1 fully saturated rings. The van der Waals surface area contributed by atoms with Crippen LogP contribution in [-0.4, -0.2) is 6.54 Å². The lowest BCUT2D eigenvalue weighted by molar-refractivity contribution is 0.253. The minimum atomic E-state index is 0.296. The van der Waals surface area contributed by atoms with E-state index in [0.717, 1.165) is 6.54 Å². The van der Waals surface area contributed by atoms with E-state index in [2.05, 4.69) is 45.0 Å². The summed E-state index contributed by atoms with van der Waals surface area (Å²) in [6.07, 6.45) is 10.5. The van der Waals surface area contributed by atoms with Crippen LogP contribution in [0.2, 0.25) is 0 Å². The van der Waals surface area contributed by atoms with Gasteiger partial charge in [-0.3, -0.25) is 0 Å². The average Bonchev–Trinajstić information content (AvgIpc) is 2.95. The minimum Gasteiger partial charge on any atom is -0.330 e. The van der Waals surface area contributed by atoms with E-state index in [1.807, 2.05) is 0 Å². The zero-order valence-electron chi connectivity index (χ0n) is 14.3. The highest BCUT2D eigenvalue weighted by Gasteiger charge is 2.32. The summed E-state index contributed by atoms with van der Waals surface area (Å²) >= 11 is 0.